The van der Waals surface area contributed by atoms with Gasteiger partial charge in [-0.25, -0.2) is 13.6 Å². The Kier molecular flexibility index (Phi) is 4.67. The number of rotatable bonds is 3. The third-order valence-electron chi connectivity index (χ3n) is 2.62. The van der Waals surface area contributed by atoms with Crippen LogP contribution in [0.2, 0.25) is 5.02 Å². The average Bonchev–Trinajstić information content (AvgIpc) is 2.40. The topological polar surface area (TPSA) is 89.3 Å². The number of nitrogens with two attached hydrogens (primary N) is 1. The maximum Gasteiger partial charge on any atom is 0.255 e. The van der Waals surface area contributed by atoms with Crippen molar-refractivity contribution in [2.45, 2.75) is 4.90 Å². The summed E-state index contributed by atoms with van der Waals surface area (Å²) < 4.78 is 22.9. The van der Waals surface area contributed by atoms with Gasteiger partial charge in [-0.3, -0.25) is 4.79 Å². The molecule has 0 aliphatic carbocycles. The van der Waals surface area contributed by atoms with Gasteiger partial charge in [-0.05, 0) is 58.4 Å². The molecule has 1 amide bonds. The molecule has 2 aromatic rings. The Balaban J connectivity index is 2.24. The normalized spacial score (nSPS) is 11.2. The fourth-order valence-electron chi connectivity index (χ4n) is 1.57. The summed E-state index contributed by atoms with van der Waals surface area (Å²) in [5.41, 5.74) is 0.865. The van der Waals surface area contributed by atoms with Gasteiger partial charge < -0.3 is 5.32 Å². The summed E-state index contributed by atoms with van der Waals surface area (Å²) in [6.07, 6.45) is 0. The molecule has 2 aromatic carbocycles. The molecule has 0 aliphatic heterocycles. The number of benzene rings is 2. The molecule has 0 unspecified atom stereocenters. The Morgan fingerprint density at radius 3 is 2.29 bits per heavy atom. The van der Waals surface area contributed by atoms with Gasteiger partial charge in [0.25, 0.3) is 5.91 Å². The first-order valence-corrected chi connectivity index (χ1v) is 8.38. The van der Waals surface area contributed by atoms with Crippen molar-refractivity contribution in [1.82, 2.24) is 0 Å². The number of hydrogen-bond acceptors (Lipinski definition) is 3. The van der Waals surface area contributed by atoms with E-state index in [4.69, 9.17) is 16.7 Å². The van der Waals surface area contributed by atoms with Gasteiger partial charge in [-0.2, -0.15) is 0 Å². The van der Waals surface area contributed by atoms with Gasteiger partial charge in [0.2, 0.25) is 10.0 Å². The zero-order valence-electron chi connectivity index (χ0n) is 10.5. The third-order valence-corrected chi connectivity index (χ3v) is 4.44. The first kappa shape index (κ1) is 16.0. The lowest BCUT2D eigenvalue weighted by molar-refractivity contribution is 0.102. The Morgan fingerprint density at radius 1 is 1.14 bits per heavy atom. The molecule has 0 bridgehead atoms. The van der Waals surface area contributed by atoms with Crippen LogP contribution in [0.3, 0.4) is 0 Å². The second-order valence-electron chi connectivity index (χ2n) is 4.15. The van der Waals surface area contributed by atoms with Crippen LogP contribution in [0, 0.1) is 0 Å². The zero-order chi connectivity index (χ0) is 15.6. The number of anilines is 1. The van der Waals surface area contributed by atoms with Crippen molar-refractivity contribution in [3.8, 4) is 0 Å². The van der Waals surface area contributed by atoms with Crippen molar-refractivity contribution >= 4 is 49.1 Å². The van der Waals surface area contributed by atoms with Gasteiger partial charge >= 0.3 is 0 Å². The number of hydrogen-bond donors (Lipinski definition) is 2. The van der Waals surface area contributed by atoms with Gasteiger partial charge in [0.1, 0.15) is 0 Å². The molecule has 0 aliphatic rings. The SMILES string of the molecule is NS(=O)(=O)c1ccc(NC(=O)c2ccc(Cl)cc2)c(Br)c1. The lowest BCUT2D eigenvalue weighted by atomic mass is 10.2. The molecule has 5 nitrogen and oxygen atoms in total. The van der Waals surface area contributed by atoms with Crippen LogP contribution in [0.15, 0.2) is 51.8 Å². The predicted molar refractivity (Wildman–Crippen MR) is 84.9 cm³/mol. The minimum Gasteiger partial charge on any atom is -0.321 e. The van der Waals surface area contributed by atoms with E-state index in [9.17, 15) is 13.2 Å². The summed E-state index contributed by atoms with van der Waals surface area (Å²) in [4.78, 5) is 12.0. The lowest BCUT2D eigenvalue weighted by Gasteiger charge is -2.09. The van der Waals surface area contributed by atoms with Gasteiger partial charge in [0.05, 0.1) is 10.6 Å². The van der Waals surface area contributed by atoms with E-state index in [1.807, 2.05) is 0 Å². The Labute approximate surface area is 135 Å². The van der Waals surface area contributed by atoms with Crippen LogP contribution in [0.1, 0.15) is 10.4 Å². The molecule has 0 aromatic heterocycles. The van der Waals surface area contributed by atoms with E-state index in [0.29, 0.717) is 20.7 Å². The van der Waals surface area contributed by atoms with Crippen molar-refractivity contribution in [3.63, 3.8) is 0 Å². The monoisotopic (exact) mass is 388 g/mol. The first-order chi connectivity index (χ1) is 9.77. The summed E-state index contributed by atoms with van der Waals surface area (Å²) in [5, 5.41) is 8.23. The second kappa shape index (κ2) is 6.15. The molecule has 3 N–H and O–H groups in total. The summed E-state index contributed by atoms with van der Waals surface area (Å²) in [6.45, 7) is 0. The van der Waals surface area contributed by atoms with Crippen molar-refractivity contribution in [2.24, 2.45) is 5.14 Å². The Bertz CT molecular complexity index is 792. The molecule has 0 radical (unpaired) electrons. The maximum atomic E-state index is 12.0. The van der Waals surface area contributed by atoms with Crippen molar-refractivity contribution in [1.29, 1.82) is 0 Å². The smallest absolute Gasteiger partial charge is 0.255 e. The molecule has 21 heavy (non-hydrogen) atoms. The summed E-state index contributed by atoms with van der Waals surface area (Å²) >= 11 is 8.95. The van der Waals surface area contributed by atoms with E-state index in [0.717, 1.165) is 0 Å². The van der Waals surface area contributed by atoms with Crippen LogP contribution in [-0.4, -0.2) is 14.3 Å². The number of halogens is 2. The highest BCUT2D eigenvalue weighted by Gasteiger charge is 2.12. The fraction of sp³-hybridized carbons (Fsp3) is 0. The van der Waals surface area contributed by atoms with E-state index in [2.05, 4.69) is 21.2 Å². The quantitative estimate of drug-likeness (QED) is 0.845. The second-order valence-corrected chi connectivity index (χ2v) is 7.00. The van der Waals surface area contributed by atoms with Gasteiger partial charge in [-0.1, -0.05) is 11.6 Å². The van der Waals surface area contributed by atoms with E-state index in [1.165, 1.54) is 18.2 Å². The average molecular weight is 390 g/mol. The molecule has 110 valence electrons. The number of amides is 1. The maximum absolute atomic E-state index is 12.0. The van der Waals surface area contributed by atoms with Crippen LogP contribution < -0.4 is 10.5 Å². The van der Waals surface area contributed by atoms with E-state index < -0.39 is 10.0 Å². The van der Waals surface area contributed by atoms with Crippen LogP contribution in [0.25, 0.3) is 0 Å². The fourth-order valence-corrected chi connectivity index (χ4v) is 2.87. The van der Waals surface area contributed by atoms with E-state index in [-0.39, 0.29) is 10.8 Å². The highest BCUT2D eigenvalue weighted by Crippen LogP contribution is 2.26. The number of primary sulfonamides is 1. The molecule has 0 heterocycles. The molecule has 2 rings (SSSR count). The van der Waals surface area contributed by atoms with Crippen LogP contribution in [0.5, 0.6) is 0 Å². The number of carbonyl (C=O) groups is 1. The van der Waals surface area contributed by atoms with Crippen molar-refractivity contribution in [3.05, 3.63) is 57.5 Å². The molecular weight excluding hydrogens is 380 g/mol. The first-order valence-electron chi connectivity index (χ1n) is 5.66. The highest BCUT2D eigenvalue weighted by atomic mass is 79.9. The zero-order valence-corrected chi connectivity index (χ0v) is 13.7. The van der Waals surface area contributed by atoms with Crippen LogP contribution in [0.4, 0.5) is 5.69 Å². The largest absolute Gasteiger partial charge is 0.321 e. The lowest BCUT2D eigenvalue weighted by Crippen LogP contribution is -2.14. The van der Waals surface area contributed by atoms with Crippen molar-refractivity contribution in [2.75, 3.05) is 5.32 Å². The molecule has 0 spiro atoms. The molecule has 8 heteroatoms. The van der Waals surface area contributed by atoms with E-state index in [1.54, 1.807) is 24.3 Å². The molecular formula is C13H10BrClN2O3S. The van der Waals surface area contributed by atoms with Crippen LogP contribution >= 0.6 is 27.5 Å². The Hall–Kier alpha value is -1.41. The number of sulfonamides is 1. The molecule has 0 atom stereocenters. The molecule has 0 fully saturated rings. The molecule has 0 saturated heterocycles. The van der Waals surface area contributed by atoms with Gasteiger partial charge in [0.15, 0.2) is 0 Å². The van der Waals surface area contributed by atoms with Crippen molar-refractivity contribution < 1.29 is 13.2 Å². The summed E-state index contributed by atoms with van der Waals surface area (Å²) in [7, 11) is -3.78. The minimum absolute atomic E-state index is 0.0427. The number of carbonyl (C=O) groups excluding carboxylic acids is 1. The molecule has 0 saturated carbocycles. The summed E-state index contributed by atoms with van der Waals surface area (Å²) in [5.74, 6) is -0.337. The highest BCUT2D eigenvalue weighted by molar-refractivity contribution is 9.10. The predicted octanol–water partition coefficient (Wildman–Crippen LogP) is 3.00. The number of nitrogens with one attached hydrogen (secondary N) is 1. The third kappa shape index (κ3) is 4.04. The van der Waals surface area contributed by atoms with Gasteiger partial charge in [0, 0.05) is 15.1 Å². The summed E-state index contributed by atoms with van der Waals surface area (Å²) in [6, 6.07) is 10.5. The van der Waals surface area contributed by atoms with Crippen LogP contribution in [-0.2, 0) is 10.0 Å². The minimum atomic E-state index is -3.78. The standard InChI is InChI=1S/C13H10BrClN2O3S/c14-11-7-10(21(16,19)20)5-6-12(11)17-13(18)8-1-3-9(15)4-2-8/h1-7H,(H,17,18)(H2,16,19,20). The van der Waals surface area contributed by atoms with Gasteiger partial charge in [-0.15, -0.1) is 0 Å². The Morgan fingerprint density at radius 2 is 1.76 bits per heavy atom. The van der Waals surface area contributed by atoms with E-state index >= 15 is 0 Å².